The highest BCUT2D eigenvalue weighted by atomic mass is 16.2. The first-order chi connectivity index (χ1) is 16.8. The van der Waals surface area contributed by atoms with E-state index in [4.69, 9.17) is 5.73 Å². The van der Waals surface area contributed by atoms with Crippen LogP contribution in [0, 0.1) is 6.92 Å². The van der Waals surface area contributed by atoms with E-state index >= 15 is 0 Å². The van der Waals surface area contributed by atoms with Gasteiger partial charge in [0.1, 0.15) is 6.33 Å². The van der Waals surface area contributed by atoms with Crippen LogP contribution in [0.3, 0.4) is 0 Å². The van der Waals surface area contributed by atoms with Crippen LogP contribution in [0.2, 0.25) is 0 Å². The van der Waals surface area contributed by atoms with Crippen molar-refractivity contribution in [3.8, 4) is 16.8 Å². The molecule has 11 heteroatoms. The van der Waals surface area contributed by atoms with Crippen LogP contribution in [0.1, 0.15) is 15.9 Å². The molecule has 1 aliphatic heterocycles. The number of urea groups is 1. The predicted molar refractivity (Wildman–Crippen MR) is 130 cm³/mol. The zero-order valence-corrected chi connectivity index (χ0v) is 19.1. The predicted octanol–water partition coefficient (Wildman–Crippen LogP) is 1.88. The van der Waals surface area contributed by atoms with Crippen molar-refractivity contribution in [1.29, 1.82) is 0 Å². The number of anilines is 2. The summed E-state index contributed by atoms with van der Waals surface area (Å²) in [6.45, 7) is 2.74. The summed E-state index contributed by atoms with van der Waals surface area (Å²) in [5.74, 6) is -0.0854. The standard InChI is InChI=1S/C24H22N8O3/c1-15-20(16-6-8-18(9-7-16)32-14-27-29(2)23(32)34)13-26-28-22(15)31-11-10-30(24(31)35)19-5-3-4-17(12-19)21(25)33/h3-9,12-14H,10-11H2,1-2H3,(H2,25,33). The molecule has 0 atom stereocenters. The SMILES string of the molecule is Cc1c(-c2ccc(-n3cnn(C)c3=O)cc2)cnnc1N1CCN(c2cccc(C(N)=O)c2)C1=O. The second-order valence-corrected chi connectivity index (χ2v) is 8.16. The van der Waals surface area contributed by atoms with E-state index in [1.165, 1.54) is 15.6 Å². The number of amides is 3. The third-order valence-corrected chi connectivity index (χ3v) is 6.07. The number of carbonyl (C=O) groups is 2. The number of nitrogens with zero attached hydrogens (tertiary/aromatic N) is 7. The molecule has 0 unspecified atom stereocenters. The van der Waals surface area contributed by atoms with Crippen molar-refractivity contribution in [1.82, 2.24) is 24.5 Å². The van der Waals surface area contributed by atoms with Crippen molar-refractivity contribution in [2.24, 2.45) is 12.8 Å². The topological polar surface area (TPSA) is 132 Å². The summed E-state index contributed by atoms with van der Waals surface area (Å²) in [5.41, 5.74) is 9.26. The zero-order chi connectivity index (χ0) is 24.7. The normalized spacial score (nSPS) is 13.5. The summed E-state index contributed by atoms with van der Waals surface area (Å²) in [6.07, 6.45) is 3.12. The van der Waals surface area contributed by atoms with Crippen LogP contribution in [0.15, 0.2) is 65.8 Å². The minimum atomic E-state index is -0.552. The van der Waals surface area contributed by atoms with Gasteiger partial charge in [0, 0.05) is 42.5 Å². The molecule has 2 aromatic heterocycles. The molecule has 3 heterocycles. The lowest BCUT2D eigenvalue weighted by Crippen LogP contribution is -2.33. The van der Waals surface area contributed by atoms with Gasteiger partial charge in [0.25, 0.3) is 0 Å². The fourth-order valence-corrected chi connectivity index (χ4v) is 4.14. The Morgan fingerprint density at radius 1 is 1.00 bits per heavy atom. The van der Waals surface area contributed by atoms with Gasteiger partial charge in [-0.15, -0.1) is 5.10 Å². The van der Waals surface area contributed by atoms with Crippen LogP contribution < -0.4 is 21.2 Å². The van der Waals surface area contributed by atoms with E-state index in [1.807, 2.05) is 31.2 Å². The van der Waals surface area contributed by atoms with E-state index in [-0.39, 0.29) is 11.7 Å². The summed E-state index contributed by atoms with van der Waals surface area (Å²) < 4.78 is 2.72. The second kappa shape index (κ2) is 8.52. The molecular weight excluding hydrogens is 448 g/mol. The van der Waals surface area contributed by atoms with E-state index in [0.717, 1.165) is 16.7 Å². The highest BCUT2D eigenvalue weighted by Crippen LogP contribution is 2.31. The molecule has 11 nitrogen and oxygen atoms in total. The van der Waals surface area contributed by atoms with E-state index in [9.17, 15) is 14.4 Å². The number of hydrogen-bond donors (Lipinski definition) is 1. The van der Waals surface area contributed by atoms with Crippen molar-refractivity contribution in [2.45, 2.75) is 6.92 Å². The average molecular weight is 470 g/mol. The second-order valence-electron chi connectivity index (χ2n) is 8.16. The molecule has 4 aromatic rings. The number of aryl methyl sites for hydroxylation is 1. The van der Waals surface area contributed by atoms with Crippen molar-refractivity contribution >= 4 is 23.4 Å². The quantitative estimate of drug-likeness (QED) is 0.474. The number of nitrogens with two attached hydrogens (primary N) is 1. The first-order valence-electron chi connectivity index (χ1n) is 10.9. The maximum absolute atomic E-state index is 13.3. The highest BCUT2D eigenvalue weighted by Gasteiger charge is 2.33. The van der Waals surface area contributed by atoms with Gasteiger partial charge in [0.05, 0.1) is 11.9 Å². The maximum atomic E-state index is 13.3. The van der Waals surface area contributed by atoms with Gasteiger partial charge < -0.3 is 5.73 Å². The number of rotatable bonds is 5. The third kappa shape index (κ3) is 3.82. The van der Waals surface area contributed by atoms with Crippen molar-refractivity contribution < 1.29 is 9.59 Å². The van der Waals surface area contributed by atoms with Crippen molar-refractivity contribution in [2.75, 3.05) is 22.9 Å². The lowest BCUT2D eigenvalue weighted by atomic mass is 10.0. The Labute approximate surface area is 200 Å². The maximum Gasteiger partial charge on any atom is 0.350 e. The smallest absolute Gasteiger partial charge is 0.350 e. The van der Waals surface area contributed by atoms with E-state index < -0.39 is 5.91 Å². The molecule has 2 N–H and O–H groups in total. The fraction of sp³-hybridized carbons (Fsp3) is 0.167. The molecule has 3 amide bonds. The van der Waals surface area contributed by atoms with Gasteiger partial charge in [0.15, 0.2) is 5.82 Å². The summed E-state index contributed by atoms with van der Waals surface area (Å²) in [5, 5.41) is 12.4. The molecule has 0 spiro atoms. The Kier molecular flexibility index (Phi) is 5.36. The van der Waals surface area contributed by atoms with Gasteiger partial charge >= 0.3 is 11.7 Å². The molecule has 1 fully saturated rings. The first kappa shape index (κ1) is 22.0. The number of carbonyl (C=O) groups excluding carboxylic acids is 2. The van der Waals surface area contributed by atoms with Gasteiger partial charge in [-0.1, -0.05) is 18.2 Å². The van der Waals surface area contributed by atoms with Gasteiger partial charge in [-0.25, -0.2) is 18.8 Å². The monoisotopic (exact) mass is 470 g/mol. The van der Waals surface area contributed by atoms with Crippen LogP contribution in [-0.4, -0.2) is 49.6 Å². The van der Waals surface area contributed by atoms with Crippen LogP contribution in [-0.2, 0) is 7.05 Å². The summed E-state index contributed by atoms with van der Waals surface area (Å²) in [4.78, 5) is 40.1. The van der Waals surface area contributed by atoms with E-state index in [2.05, 4.69) is 15.3 Å². The van der Waals surface area contributed by atoms with Gasteiger partial charge in [-0.05, 0) is 42.8 Å². The Morgan fingerprint density at radius 2 is 1.74 bits per heavy atom. The summed E-state index contributed by atoms with van der Waals surface area (Å²) in [6, 6.07) is 13.8. The molecule has 176 valence electrons. The van der Waals surface area contributed by atoms with Crippen molar-refractivity contribution in [3.63, 3.8) is 0 Å². The molecule has 0 saturated carbocycles. The Hall–Kier alpha value is -4.80. The molecule has 5 rings (SSSR count). The van der Waals surface area contributed by atoms with Crippen LogP contribution in [0.5, 0.6) is 0 Å². The molecule has 1 aliphatic rings. The van der Waals surface area contributed by atoms with E-state index in [0.29, 0.717) is 35.8 Å². The zero-order valence-electron chi connectivity index (χ0n) is 19.1. The molecule has 0 bridgehead atoms. The van der Waals surface area contributed by atoms with Gasteiger partial charge in [-0.2, -0.15) is 10.2 Å². The number of primary amides is 1. The Bertz CT molecular complexity index is 1510. The lowest BCUT2D eigenvalue weighted by molar-refractivity contribution is 0.1000. The number of hydrogen-bond acceptors (Lipinski definition) is 6. The van der Waals surface area contributed by atoms with Gasteiger partial charge in [-0.3, -0.25) is 14.6 Å². The van der Waals surface area contributed by atoms with Crippen molar-refractivity contribution in [3.05, 3.63) is 82.7 Å². The molecule has 0 radical (unpaired) electrons. The summed E-state index contributed by atoms with van der Waals surface area (Å²) >= 11 is 0. The number of aromatic nitrogens is 5. The average Bonchev–Trinajstić information content (AvgIpc) is 3.41. The Morgan fingerprint density at radius 3 is 2.43 bits per heavy atom. The summed E-state index contributed by atoms with van der Waals surface area (Å²) in [7, 11) is 1.59. The Balaban J connectivity index is 1.43. The fourth-order valence-electron chi connectivity index (χ4n) is 4.14. The molecule has 1 saturated heterocycles. The highest BCUT2D eigenvalue weighted by molar-refractivity contribution is 6.07. The van der Waals surface area contributed by atoms with Crippen LogP contribution in [0.25, 0.3) is 16.8 Å². The van der Waals surface area contributed by atoms with Gasteiger partial charge in [0.2, 0.25) is 5.91 Å². The van der Waals surface area contributed by atoms with Crippen LogP contribution in [0.4, 0.5) is 16.3 Å². The van der Waals surface area contributed by atoms with E-state index in [1.54, 1.807) is 47.3 Å². The lowest BCUT2D eigenvalue weighted by Gasteiger charge is -2.20. The van der Waals surface area contributed by atoms with Crippen LogP contribution >= 0.6 is 0 Å². The number of benzene rings is 2. The largest absolute Gasteiger partial charge is 0.366 e. The molecule has 0 aliphatic carbocycles. The third-order valence-electron chi connectivity index (χ3n) is 6.07. The molecular formula is C24H22N8O3. The minimum Gasteiger partial charge on any atom is -0.366 e. The first-order valence-corrected chi connectivity index (χ1v) is 10.9. The molecule has 2 aromatic carbocycles. The molecule has 35 heavy (non-hydrogen) atoms. The minimum absolute atomic E-state index is 0.236.